The zero-order chi connectivity index (χ0) is 91.7. The minimum Gasteiger partial charge on any atom is -0.508 e. The molecule has 9 aliphatic rings. The van der Waals surface area contributed by atoms with Crippen LogP contribution < -0.4 is 37.7 Å². The van der Waals surface area contributed by atoms with Gasteiger partial charge in [-0.25, -0.2) is 0 Å². The summed E-state index contributed by atoms with van der Waals surface area (Å²) < 4.78 is 10.5. The van der Waals surface area contributed by atoms with Gasteiger partial charge in [-0.3, -0.25) is 62.6 Å². The summed E-state index contributed by atoms with van der Waals surface area (Å²) in [5.74, 6) is -19.8. The molecule has 0 radical (unpaired) electrons. The van der Waals surface area contributed by atoms with Crippen LogP contribution in [-0.4, -0.2) is 239 Å². The number of nitrogens with two attached hydrogens (primary N) is 4. The molecule has 0 bridgehead atoms. The summed E-state index contributed by atoms with van der Waals surface area (Å²) in [6.07, 6.45) is 2.02. The number of aliphatic hydroxyl groups is 9. The maximum absolute atomic E-state index is 14.0. The van der Waals surface area contributed by atoms with Gasteiger partial charge in [-0.05, 0) is 215 Å². The number of hydrogen-bond donors (Lipinski definition) is 17. The molecule has 656 valence electrons. The van der Waals surface area contributed by atoms with Gasteiger partial charge in [0.2, 0.25) is 17.3 Å². The smallest absolute Gasteiger partial charge is 0.255 e. The molecular weight excluding hydrogens is 1620 g/mol. The average molecular weight is 1720 g/mol. The van der Waals surface area contributed by atoms with Crippen molar-refractivity contribution >= 4 is 87.5 Å². The number of oxime groups is 1. The van der Waals surface area contributed by atoms with Crippen molar-refractivity contribution in [1.82, 2.24) is 14.7 Å². The van der Waals surface area contributed by atoms with E-state index in [-0.39, 0.29) is 102 Å². The topological polar surface area (TPSA) is 579 Å². The number of primary amides is 3. The molecule has 125 heavy (non-hydrogen) atoms. The van der Waals surface area contributed by atoms with Gasteiger partial charge in [0.05, 0.1) is 55.3 Å². The van der Waals surface area contributed by atoms with Gasteiger partial charge >= 0.3 is 0 Å². The Hall–Kier alpha value is -13.4. The molecule has 0 saturated heterocycles. The average Bonchev–Trinajstić information content (AvgIpc) is 0.703. The number of aliphatic hydroxyl groups excluding tert-OH is 6. The molecule has 34 nitrogen and oxygen atoms in total. The molecule has 0 aliphatic heterocycles. The first-order valence-electron chi connectivity index (χ1n) is 39.8. The Morgan fingerprint density at radius 3 is 1.25 bits per heavy atom. The number of rotatable bonds is 15. The van der Waals surface area contributed by atoms with E-state index in [0.717, 1.165) is 0 Å². The van der Waals surface area contributed by atoms with Crippen LogP contribution >= 0.6 is 0 Å². The van der Waals surface area contributed by atoms with E-state index < -0.39 is 180 Å². The van der Waals surface area contributed by atoms with Crippen molar-refractivity contribution in [3.8, 4) is 51.0 Å². The fourth-order valence-electron chi connectivity index (χ4n) is 20.0. The number of anilines is 1. The van der Waals surface area contributed by atoms with E-state index in [2.05, 4.69) is 10.5 Å². The highest BCUT2D eigenvalue weighted by molar-refractivity contribution is 6.27. The highest BCUT2D eigenvalue weighted by Gasteiger charge is 2.68. The summed E-state index contributed by atoms with van der Waals surface area (Å²) in [4.78, 5) is 140. The third-order valence-corrected chi connectivity index (χ3v) is 25.7. The Balaban J connectivity index is 0.000000162. The second-order valence-corrected chi connectivity index (χ2v) is 34.2. The van der Waals surface area contributed by atoms with Crippen LogP contribution in [0.25, 0.3) is 39.5 Å². The Kier molecular flexibility index (Phi) is 23.4. The van der Waals surface area contributed by atoms with E-state index in [0.29, 0.717) is 78.4 Å². The lowest BCUT2D eigenvalue weighted by Gasteiger charge is -2.50. The summed E-state index contributed by atoms with van der Waals surface area (Å²) >= 11 is 0. The second-order valence-electron chi connectivity index (χ2n) is 34.2. The molecular formula is C91H97N9O25. The maximum atomic E-state index is 14.0. The molecule has 0 aromatic heterocycles. The number of Topliss-reactive ketones (excluding diaryl/α,β-unsaturated/α-hetero) is 6. The number of amides is 4. The normalized spacial score (nSPS) is 25.6. The molecule has 3 saturated carbocycles. The van der Waals surface area contributed by atoms with E-state index in [1.54, 1.807) is 127 Å². The molecule has 21 N–H and O–H groups in total. The van der Waals surface area contributed by atoms with Crippen LogP contribution in [0.3, 0.4) is 0 Å². The number of ether oxygens (including phenoxy) is 2. The van der Waals surface area contributed by atoms with Gasteiger partial charge in [-0.1, -0.05) is 56.3 Å². The van der Waals surface area contributed by atoms with Gasteiger partial charge in [0, 0.05) is 63.4 Å². The van der Waals surface area contributed by atoms with Crippen LogP contribution in [0.15, 0.2) is 153 Å². The zero-order valence-electron chi connectivity index (χ0n) is 70.2. The summed E-state index contributed by atoms with van der Waals surface area (Å²) in [7, 11) is 13.8. The molecule has 6 aromatic rings. The lowest BCUT2D eigenvalue weighted by molar-refractivity contribution is -0.155. The predicted molar refractivity (Wildman–Crippen MR) is 452 cm³/mol. The van der Waals surface area contributed by atoms with Gasteiger partial charge < -0.3 is 104 Å². The number of likely N-dealkylation sites (N-methyl/N-ethyl adjacent to an activating group) is 3. The van der Waals surface area contributed by atoms with Crippen LogP contribution in [-0.2, 0) is 79.2 Å². The molecule has 4 amide bonds. The monoisotopic (exact) mass is 1720 g/mol. The number of benzene rings is 6. The van der Waals surface area contributed by atoms with E-state index >= 15 is 0 Å². The minimum absolute atomic E-state index is 0.00401. The van der Waals surface area contributed by atoms with Gasteiger partial charge in [-0.2, -0.15) is 0 Å². The standard InChI is InChI=1S/C35H33N3O9.C30H31N3O9.C26H33N3O7/c1-38(2)28-23-15-18-14-22-21(16-4-8-19(9-5-16)37-34(45)17-6-10-20(47-3)11-7-17)12-13-24(39)26(22)29(40)25(18)31(42)35(23,46)32(43)27(30(28)41)33(36)44;1-33(2)24-18-11-14-10-17-16(13-5-8-20(41-3)15(9-13)12-32-42-4)6-7-19(34)22(17)25(35)21(14)27(37)30(18,40)28(38)23(26(24)36)29(31)39;1-25(2,3)14-8-11(9-27)12-6-10-7-13-18(29(4)5)21(32)17(24(28)35)23(34)26(13,36)22(33)15(10)20(31)16(12)19(14)30/h4-13,18,23,28,39-40,43,46H,14-15H2,1-3H3,(H2,36,44)(H,37,45);5-9,12,14,18,24,34-35,38,40H,10-11H2,1-4H3,(H2,31,39);8,10,13,18,30-31,34,36H,6-7,9,27H2,1-5H3,(H2,28,35)/b;32-12+;/t18-,23-,28+,35-;14-,18-,24+,30-;10-,13-,18+,26-/m000/s1. The lowest BCUT2D eigenvalue weighted by atomic mass is 9.57. The van der Waals surface area contributed by atoms with Crippen molar-refractivity contribution in [1.29, 1.82) is 0 Å². The van der Waals surface area contributed by atoms with Crippen LogP contribution in [0.5, 0.6) is 28.7 Å². The lowest BCUT2D eigenvalue weighted by Crippen LogP contribution is -2.65. The third kappa shape index (κ3) is 14.2. The van der Waals surface area contributed by atoms with Gasteiger partial charge in [0.1, 0.15) is 87.1 Å². The van der Waals surface area contributed by atoms with Crippen molar-refractivity contribution in [2.24, 2.45) is 63.6 Å². The van der Waals surface area contributed by atoms with Crippen LogP contribution in [0.2, 0.25) is 0 Å². The Bertz CT molecular complexity index is 5930. The van der Waals surface area contributed by atoms with Gasteiger partial charge in [0.15, 0.2) is 34.2 Å². The highest BCUT2D eigenvalue weighted by atomic mass is 16.6. The Labute approximate surface area is 715 Å². The van der Waals surface area contributed by atoms with Crippen LogP contribution in [0, 0.1) is 35.5 Å². The summed E-state index contributed by atoms with van der Waals surface area (Å²) in [5.41, 5.74) is 17.7. The first-order valence-corrected chi connectivity index (χ1v) is 39.8. The summed E-state index contributed by atoms with van der Waals surface area (Å²) in [6.45, 7) is 5.79. The molecule has 34 heteroatoms. The Morgan fingerprint density at radius 2 is 0.888 bits per heavy atom. The number of nitrogens with one attached hydrogen (secondary N) is 1. The van der Waals surface area contributed by atoms with Crippen LogP contribution in [0.1, 0.15) is 100 Å². The molecule has 15 rings (SSSR count). The summed E-state index contributed by atoms with van der Waals surface area (Å²) in [5, 5.41) is 142. The third-order valence-electron chi connectivity index (χ3n) is 25.7. The van der Waals surface area contributed by atoms with E-state index in [9.17, 15) is 109 Å². The number of fused-ring (bicyclic) bond motifs is 9. The predicted octanol–water partition coefficient (Wildman–Crippen LogP) is 5.23. The number of carbonyl (C=O) groups is 10. The van der Waals surface area contributed by atoms with E-state index in [1.807, 2.05) is 20.8 Å². The van der Waals surface area contributed by atoms with Crippen molar-refractivity contribution in [2.45, 2.75) is 106 Å². The molecule has 6 aromatic carbocycles. The van der Waals surface area contributed by atoms with Gasteiger partial charge in [-0.15, -0.1) is 0 Å². The number of carbonyl (C=O) groups excluding carboxylic acids is 10. The SMILES string of the molecule is CN(C)[C@H]1C(=O)C(C(N)=O)=C(O)[C@@]2(O)C(=O)C3=C(O)c4c(O)c(C(C)(C)C)cc(CN)c4C[C@H]3C[C@@H]12.CO/N=C/c1cc(-c2ccc(O)c3c2C[C@H]2C[C@H]4[C@@H](N(C)C)C(=O)C(C(N)=O)=C(O)[C@@]4(O)C(=O)C2=C3O)ccc1OC.COc1ccc(C(=O)Nc2ccc(-c3ccc(O)c4c3C[C@H]3C[C@H]5[C@@H](N(C)C)C(=O)C(C(N)=O)=C(O)[C@@]5(O)C(=O)C3=C4O)cc2)cc1. The van der Waals surface area contributed by atoms with E-state index in [1.165, 1.54) is 54.4 Å². The van der Waals surface area contributed by atoms with Crippen molar-refractivity contribution in [3.63, 3.8) is 0 Å². The fourth-order valence-corrected chi connectivity index (χ4v) is 20.0. The number of phenols is 3. The molecule has 9 aliphatic carbocycles. The van der Waals surface area contributed by atoms with Crippen molar-refractivity contribution in [3.05, 3.63) is 203 Å². The molecule has 0 unspecified atom stereocenters. The molecule has 12 atom stereocenters. The second kappa shape index (κ2) is 32.7. The first kappa shape index (κ1) is 89.4. The first-order chi connectivity index (χ1) is 58.7. The van der Waals surface area contributed by atoms with Crippen LogP contribution in [0.4, 0.5) is 5.69 Å². The number of nitrogens with zero attached hydrogens (tertiary/aromatic N) is 4. The zero-order valence-corrected chi connectivity index (χ0v) is 70.2. The van der Waals surface area contributed by atoms with Gasteiger partial charge in [0.25, 0.3) is 23.6 Å². The largest absolute Gasteiger partial charge is 0.508 e. The van der Waals surface area contributed by atoms with Crippen molar-refractivity contribution in [2.75, 3.05) is 68.9 Å². The molecule has 0 spiro atoms. The number of ketones is 6. The number of phenolic OH excluding ortho intramolecular Hbond substituents is 3. The maximum Gasteiger partial charge on any atom is 0.255 e. The molecule has 0 heterocycles. The molecule has 3 fully saturated rings. The number of methoxy groups -OCH3 is 2. The number of aromatic hydroxyl groups is 3. The Morgan fingerprint density at radius 1 is 0.504 bits per heavy atom. The minimum atomic E-state index is -2.70. The quantitative estimate of drug-likeness (QED) is 0.0355. The number of hydrogen-bond acceptors (Lipinski definition) is 30. The van der Waals surface area contributed by atoms with E-state index in [4.69, 9.17) is 37.2 Å². The summed E-state index contributed by atoms with van der Waals surface area (Å²) in [6, 6.07) is 23.4. The fraction of sp³-hybridized carbons (Fsp3) is 0.352. The highest BCUT2D eigenvalue weighted by Crippen LogP contribution is 2.59. The van der Waals surface area contributed by atoms with Crippen molar-refractivity contribution < 1.29 is 124 Å².